The third kappa shape index (κ3) is 3.37. The van der Waals surface area contributed by atoms with E-state index < -0.39 is 32.4 Å². The van der Waals surface area contributed by atoms with E-state index in [0.29, 0.717) is 0 Å². The fourth-order valence-corrected chi connectivity index (χ4v) is 4.28. The zero-order chi connectivity index (χ0) is 15.8. The molecule has 1 unspecified atom stereocenters. The molecule has 0 radical (unpaired) electrons. The normalized spacial score (nSPS) is 23.2. The molecule has 1 saturated heterocycles. The Kier molecular flexibility index (Phi) is 4.60. The van der Waals surface area contributed by atoms with Crippen molar-refractivity contribution >= 4 is 21.6 Å². The molecular formula is C13H17ClFNO4S. The lowest BCUT2D eigenvalue weighted by molar-refractivity contribution is -0.131. The molecule has 1 aliphatic heterocycles. The highest BCUT2D eigenvalue weighted by Gasteiger charge is 2.40. The molecule has 1 aliphatic rings. The molecule has 8 heteroatoms. The van der Waals surface area contributed by atoms with E-state index >= 15 is 0 Å². The zero-order valence-electron chi connectivity index (χ0n) is 11.7. The Hall–Kier alpha value is -0.730. The number of halogens is 2. The number of morpholine rings is 1. The lowest BCUT2D eigenvalue weighted by atomic mass is 10.1. The molecule has 0 bridgehead atoms. The zero-order valence-corrected chi connectivity index (χ0v) is 13.3. The molecule has 21 heavy (non-hydrogen) atoms. The largest absolute Gasteiger partial charge is 0.394 e. The predicted octanol–water partition coefficient (Wildman–Crippen LogP) is 1.64. The van der Waals surface area contributed by atoms with Gasteiger partial charge in [-0.25, -0.2) is 12.8 Å². The van der Waals surface area contributed by atoms with E-state index in [4.69, 9.17) is 16.3 Å². The minimum Gasteiger partial charge on any atom is -0.394 e. The maximum Gasteiger partial charge on any atom is 0.246 e. The number of sulfonamides is 1. The second-order valence-electron chi connectivity index (χ2n) is 5.53. The maximum absolute atomic E-state index is 14.0. The summed E-state index contributed by atoms with van der Waals surface area (Å²) in [6.45, 7) is 3.15. The second kappa shape index (κ2) is 5.81. The molecule has 118 valence electrons. The summed E-state index contributed by atoms with van der Waals surface area (Å²) in [6, 6.07) is 3.84. The highest BCUT2D eigenvalue weighted by molar-refractivity contribution is 7.89. The number of hydrogen-bond donors (Lipinski definition) is 1. The molecule has 0 aromatic heterocycles. The van der Waals surface area contributed by atoms with Crippen LogP contribution in [0.4, 0.5) is 4.39 Å². The molecular weight excluding hydrogens is 321 g/mol. The Balaban J connectivity index is 2.41. The molecule has 1 N–H and O–H groups in total. The lowest BCUT2D eigenvalue weighted by Gasteiger charge is -2.41. The quantitative estimate of drug-likeness (QED) is 0.910. The van der Waals surface area contributed by atoms with Gasteiger partial charge in [0, 0.05) is 13.1 Å². The van der Waals surface area contributed by atoms with E-state index in [9.17, 15) is 17.9 Å². The maximum atomic E-state index is 14.0. The summed E-state index contributed by atoms with van der Waals surface area (Å²) >= 11 is 5.65. The number of ether oxygens (including phenoxy) is 1. The van der Waals surface area contributed by atoms with E-state index in [2.05, 4.69) is 0 Å². The van der Waals surface area contributed by atoms with Gasteiger partial charge in [0.2, 0.25) is 10.0 Å². The van der Waals surface area contributed by atoms with Gasteiger partial charge in [-0.05, 0) is 26.0 Å². The van der Waals surface area contributed by atoms with Crippen LogP contribution >= 0.6 is 11.6 Å². The van der Waals surface area contributed by atoms with E-state index in [1.807, 2.05) is 0 Å². The van der Waals surface area contributed by atoms with Crippen molar-refractivity contribution in [3.8, 4) is 0 Å². The molecule has 1 atom stereocenters. The van der Waals surface area contributed by atoms with Crippen molar-refractivity contribution in [3.63, 3.8) is 0 Å². The number of aliphatic hydroxyl groups is 1. The van der Waals surface area contributed by atoms with Crippen molar-refractivity contribution in [1.29, 1.82) is 0 Å². The van der Waals surface area contributed by atoms with E-state index in [1.54, 1.807) is 13.8 Å². The molecule has 1 aromatic rings. The molecule has 1 heterocycles. The highest BCUT2D eigenvalue weighted by atomic mass is 35.5. The van der Waals surface area contributed by atoms with Gasteiger partial charge in [-0.1, -0.05) is 17.7 Å². The average molecular weight is 338 g/mol. The van der Waals surface area contributed by atoms with Gasteiger partial charge in [0.15, 0.2) is 5.82 Å². The summed E-state index contributed by atoms with van der Waals surface area (Å²) in [5.74, 6) is -0.969. The number of nitrogens with zero attached hydrogens (tertiary/aromatic N) is 1. The average Bonchev–Trinajstić information content (AvgIpc) is 2.39. The monoisotopic (exact) mass is 337 g/mol. The van der Waals surface area contributed by atoms with Gasteiger partial charge >= 0.3 is 0 Å². The van der Waals surface area contributed by atoms with Crippen LogP contribution in [0.2, 0.25) is 5.02 Å². The predicted molar refractivity (Wildman–Crippen MR) is 76.2 cm³/mol. The van der Waals surface area contributed by atoms with Gasteiger partial charge < -0.3 is 9.84 Å². The third-order valence-electron chi connectivity index (χ3n) is 3.19. The Morgan fingerprint density at radius 3 is 2.81 bits per heavy atom. The van der Waals surface area contributed by atoms with Crippen LogP contribution in [0, 0.1) is 5.82 Å². The summed E-state index contributed by atoms with van der Waals surface area (Å²) in [5.41, 5.74) is -0.770. The fraction of sp³-hybridized carbons (Fsp3) is 0.538. The van der Waals surface area contributed by atoms with Crippen molar-refractivity contribution in [2.75, 3.05) is 19.7 Å². The summed E-state index contributed by atoms with van der Waals surface area (Å²) in [6.07, 6.45) is -0.647. The minimum absolute atomic E-state index is 0.0335. The summed E-state index contributed by atoms with van der Waals surface area (Å²) in [5, 5.41) is 8.99. The van der Waals surface area contributed by atoms with Crippen LogP contribution in [-0.2, 0) is 14.8 Å². The van der Waals surface area contributed by atoms with E-state index in [-0.39, 0.29) is 24.7 Å². The molecule has 5 nitrogen and oxygen atoms in total. The smallest absolute Gasteiger partial charge is 0.246 e. The Morgan fingerprint density at radius 1 is 1.52 bits per heavy atom. The van der Waals surface area contributed by atoms with Crippen molar-refractivity contribution in [2.24, 2.45) is 0 Å². The first-order valence-corrected chi connectivity index (χ1v) is 8.22. The Bertz CT molecular complexity index is 635. The number of hydrogen-bond acceptors (Lipinski definition) is 4. The van der Waals surface area contributed by atoms with Gasteiger partial charge in [-0.15, -0.1) is 0 Å². The van der Waals surface area contributed by atoms with Gasteiger partial charge in [-0.3, -0.25) is 0 Å². The van der Waals surface area contributed by atoms with Crippen LogP contribution in [0.1, 0.15) is 13.8 Å². The van der Waals surface area contributed by atoms with Crippen LogP contribution in [0.25, 0.3) is 0 Å². The topological polar surface area (TPSA) is 66.8 Å². The number of benzene rings is 1. The molecule has 1 fully saturated rings. The van der Waals surface area contributed by atoms with Crippen LogP contribution in [0.5, 0.6) is 0 Å². The van der Waals surface area contributed by atoms with Crippen molar-refractivity contribution in [1.82, 2.24) is 4.31 Å². The van der Waals surface area contributed by atoms with Crippen molar-refractivity contribution in [2.45, 2.75) is 30.4 Å². The number of aliphatic hydroxyl groups excluding tert-OH is 1. The Morgan fingerprint density at radius 2 is 2.19 bits per heavy atom. The Labute approximate surface area is 128 Å². The molecule has 0 amide bonds. The van der Waals surface area contributed by atoms with Gasteiger partial charge in [0.1, 0.15) is 4.90 Å². The fourth-order valence-electron chi connectivity index (χ4n) is 2.34. The van der Waals surface area contributed by atoms with Gasteiger partial charge in [0.25, 0.3) is 0 Å². The molecule has 2 rings (SSSR count). The summed E-state index contributed by atoms with van der Waals surface area (Å²) in [4.78, 5) is -0.468. The molecule has 0 aliphatic carbocycles. The summed E-state index contributed by atoms with van der Waals surface area (Å²) < 4.78 is 45.9. The standard InChI is InChI=1S/C13H17ClFNO4S/c1-13(2)8-16(6-9(7-17)20-13)21(18,19)11-5-3-4-10(14)12(11)15/h3-5,9,17H,6-8H2,1-2H3. The first kappa shape index (κ1) is 16.6. The number of rotatable bonds is 3. The van der Waals surface area contributed by atoms with E-state index in [1.165, 1.54) is 18.2 Å². The first-order chi connectivity index (χ1) is 9.67. The molecule has 0 saturated carbocycles. The van der Waals surface area contributed by atoms with Crippen LogP contribution in [0.3, 0.4) is 0 Å². The molecule has 0 spiro atoms. The summed E-state index contributed by atoms with van der Waals surface area (Å²) in [7, 11) is -4.05. The van der Waals surface area contributed by atoms with Crippen LogP contribution < -0.4 is 0 Å². The van der Waals surface area contributed by atoms with Crippen LogP contribution in [-0.4, -0.2) is 49.2 Å². The van der Waals surface area contributed by atoms with Gasteiger partial charge in [-0.2, -0.15) is 4.31 Å². The minimum atomic E-state index is -4.05. The highest BCUT2D eigenvalue weighted by Crippen LogP contribution is 2.29. The first-order valence-electron chi connectivity index (χ1n) is 6.40. The van der Waals surface area contributed by atoms with Crippen molar-refractivity contribution < 1.29 is 22.7 Å². The SMILES string of the molecule is CC1(C)CN(S(=O)(=O)c2cccc(Cl)c2F)CC(CO)O1. The second-order valence-corrected chi connectivity index (χ2v) is 7.85. The molecule has 1 aromatic carbocycles. The van der Waals surface area contributed by atoms with E-state index in [0.717, 1.165) is 4.31 Å². The van der Waals surface area contributed by atoms with Gasteiger partial charge in [0.05, 0.1) is 23.3 Å². The third-order valence-corrected chi connectivity index (χ3v) is 5.31. The van der Waals surface area contributed by atoms with Crippen LogP contribution in [0.15, 0.2) is 23.1 Å². The lowest BCUT2D eigenvalue weighted by Crippen LogP contribution is -2.55. The van der Waals surface area contributed by atoms with Crippen molar-refractivity contribution in [3.05, 3.63) is 29.0 Å².